The van der Waals surface area contributed by atoms with Crippen LogP contribution < -0.4 is 0 Å². The molecule has 0 saturated heterocycles. The molecule has 6 aromatic carbocycles. The van der Waals surface area contributed by atoms with Crippen LogP contribution in [0, 0.1) is 29.3 Å². The second kappa shape index (κ2) is 18.8. The molecule has 0 saturated carbocycles. The zero-order valence-electron chi connectivity index (χ0n) is 37.9. The molecule has 10 aromatic rings. The van der Waals surface area contributed by atoms with Crippen LogP contribution in [0.15, 0.2) is 156 Å². The molecule has 6 nitrogen and oxygen atoms in total. The van der Waals surface area contributed by atoms with E-state index in [4.69, 9.17) is 9.40 Å². The van der Waals surface area contributed by atoms with E-state index in [1.54, 1.807) is 12.1 Å². The first-order chi connectivity index (χ1) is 31.4. The maximum Gasteiger partial charge on any atom is 0.217 e. The van der Waals surface area contributed by atoms with Crippen LogP contribution in [-0.4, -0.2) is 19.5 Å². The Kier molecular flexibility index (Phi) is 13.0. The second-order valence-electron chi connectivity index (χ2n) is 18.0. The van der Waals surface area contributed by atoms with E-state index in [1.165, 1.54) is 51.1 Å². The summed E-state index contributed by atoms with van der Waals surface area (Å²) in [6.07, 6.45) is 1.87. The number of fused-ring (bicyclic) bond motifs is 4. The van der Waals surface area contributed by atoms with Crippen LogP contribution in [0.5, 0.6) is 0 Å². The predicted octanol–water partition coefficient (Wildman–Crippen LogP) is 15.2. The Morgan fingerprint density at radius 3 is 1.98 bits per heavy atom. The topological polar surface area (TPSA) is 80.5 Å². The molecule has 1 radical (unpaired) electrons. The smallest absolute Gasteiger partial charge is 0.217 e. The minimum absolute atomic E-state index is 0. The van der Waals surface area contributed by atoms with Crippen molar-refractivity contribution >= 4 is 33.1 Å². The summed E-state index contributed by atoms with van der Waals surface area (Å²) in [6, 6.07) is 56.8. The van der Waals surface area contributed by atoms with Gasteiger partial charge in [0, 0.05) is 43.2 Å². The van der Waals surface area contributed by atoms with E-state index in [0.29, 0.717) is 17.0 Å². The van der Waals surface area contributed by atoms with Crippen molar-refractivity contribution < 1.29 is 28.9 Å². The van der Waals surface area contributed by atoms with Crippen LogP contribution in [0.2, 0.25) is 0 Å². The number of imidazole rings is 1. The normalized spacial score (nSPS) is 11.5. The SMILES string of the molecule is CC(C)(C)c1ccc(-c2[c-]cc(F)cc2)nc1.CC(C)c1cc(-c2ccc(-c3ccccc3)cc2)cc(C(C)C)c1-n1c(-c2[c-]ccc3c2oc2nc(C#N)ccc23)nc2ccccc21.[Ir]. The van der Waals surface area contributed by atoms with Gasteiger partial charge >= 0.3 is 0 Å². The average molecular weight is 1040 g/mol. The van der Waals surface area contributed by atoms with Gasteiger partial charge < -0.3 is 14.0 Å². The quantitative estimate of drug-likeness (QED) is 0.149. The number of aromatic nitrogens is 4. The third-order valence-electron chi connectivity index (χ3n) is 11.8. The van der Waals surface area contributed by atoms with Gasteiger partial charge in [-0.1, -0.05) is 138 Å². The fourth-order valence-electron chi connectivity index (χ4n) is 8.30. The molecule has 329 valence electrons. The minimum atomic E-state index is -0.278. The third kappa shape index (κ3) is 8.98. The van der Waals surface area contributed by atoms with Crippen molar-refractivity contribution in [1.82, 2.24) is 19.5 Å². The number of hydrogen-bond donors (Lipinski definition) is 0. The molecule has 0 bridgehead atoms. The predicted molar refractivity (Wildman–Crippen MR) is 261 cm³/mol. The largest absolute Gasteiger partial charge is 0.486 e. The Labute approximate surface area is 399 Å². The molecule has 4 heterocycles. The first-order valence-electron chi connectivity index (χ1n) is 22.0. The molecule has 8 heteroatoms. The van der Waals surface area contributed by atoms with Gasteiger partial charge in [0.1, 0.15) is 11.8 Å². The molecule has 0 aliphatic rings. The Morgan fingerprint density at radius 2 is 1.36 bits per heavy atom. The van der Waals surface area contributed by atoms with Crippen molar-refractivity contribution in [2.75, 3.05) is 0 Å². The summed E-state index contributed by atoms with van der Waals surface area (Å²) in [5, 5.41) is 11.2. The number of benzene rings is 6. The molecular weight excluding hydrogens is 994 g/mol. The van der Waals surface area contributed by atoms with Crippen LogP contribution >= 0.6 is 0 Å². The van der Waals surface area contributed by atoms with Crippen molar-refractivity contribution in [2.24, 2.45) is 0 Å². The molecule has 0 spiro atoms. The standard InChI is InChI=1S/C43H33N4O.C15H15FN.Ir/c1-26(2)36-23-31(30-19-17-29(18-20-30)28-11-6-5-7-12-28)24-37(27(3)4)40(36)47-39-16-9-8-15-38(39)46-42(47)35-14-10-13-33-34-22-21-32(25-44)45-43(34)48-41(33)35;1-15(2,3)12-6-9-14(17-10-12)11-4-7-13(16)8-5-11;/h5-13,15-24,26-27H,1-4H3;4,6-10H,1-3H3;/q2*-1;. The molecule has 10 rings (SSSR count). The van der Waals surface area contributed by atoms with Gasteiger partial charge in [0.05, 0.1) is 22.4 Å². The van der Waals surface area contributed by atoms with Gasteiger partial charge in [0.15, 0.2) is 0 Å². The number of nitriles is 1. The van der Waals surface area contributed by atoms with Gasteiger partial charge in [-0.05, 0) is 98.3 Å². The Hall–Kier alpha value is -7.04. The van der Waals surface area contributed by atoms with Gasteiger partial charge in [-0.3, -0.25) is 9.37 Å². The molecule has 0 aliphatic heterocycles. The summed E-state index contributed by atoms with van der Waals surface area (Å²) in [4.78, 5) is 14.1. The second-order valence-corrected chi connectivity index (χ2v) is 18.0. The Morgan fingerprint density at radius 1 is 0.697 bits per heavy atom. The van der Waals surface area contributed by atoms with E-state index in [2.05, 4.69) is 166 Å². The monoisotopic (exact) mass is 1040 g/mol. The number of pyridine rings is 2. The maximum absolute atomic E-state index is 12.8. The fraction of sp³-hybridized carbons (Fsp3) is 0.172. The molecule has 0 atom stereocenters. The molecule has 0 fully saturated rings. The van der Waals surface area contributed by atoms with Crippen LogP contribution in [0.25, 0.3) is 83.7 Å². The van der Waals surface area contributed by atoms with Crippen molar-refractivity contribution in [1.29, 1.82) is 5.26 Å². The fourth-order valence-corrected chi connectivity index (χ4v) is 8.30. The van der Waals surface area contributed by atoms with Crippen molar-refractivity contribution in [3.63, 3.8) is 0 Å². The minimum Gasteiger partial charge on any atom is -0.486 e. The van der Waals surface area contributed by atoms with E-state index in [-0.39, 0.29) is 43.2 Å². The molecule has 4 aromatic heterocycles. The van der Waals surface area contributed by atoms with E-state index in [1.807, 2.05) is 42.6 Å². The Balaban J connectivity index is 0.000000278. The van der Waals surface area contributed by atoms with Gasteiger partial charge in [-0.25, -0.2) is 4.98 Å². The summed E-state index contributed by atoms with van der Waals surface area (Å²) in [5.41, 5.74) is 15.4. The average Bonchev–Trinajstić information content (AvgIpc) is 3.90. The molecule has 0 unspecified atom stereocenters. The van der Waals surface area contributed by atoms with Crippen molar-refractivity contribution in [3.05, 3.63) is 192 Å². The molecular formula is C58H48FIrN5O-2. The summed E-state index contributed by atoms with van der Waals surface area (Å²) in [5.74, 6) is 0.939. The maximum atomic E-state index is 12.8. The molecule has 0 amide bonds. The van der Waals surface area contributed by atoms with Crippen LogP contribution in [0.3, 0.4) is 0 Å². The Bertz CT molecular complexity index is 3330. The molecule has 0 N–H and O–H groups in total. The number of furan rings is 1. The number of hydrogen-bond acceptors (Lipinski definition) is 5. The van der Waals surface area contributed by atoms with Crippen molar-refractivity contribution in [3.8, 4) is 56.7 Å². The molecule has 66 heavy (non-hydrogen) atoms. The van der Waals surface area contributed by atoms with E-state index in [9.17, 15) is 9.65 Å². The van der Waals surface area contributed by atoms with Gasteiger partial charge in [0.2, 0.25) is 5.71 Å². The first-order valence-corrected chi connectivity index (χ1v) is 22.0. The van der Waals surface area contributed by atoms with Gasteiger partial charge in [0.25, 0.3) is 0 Å². The van der Waals surface area contributed by atoms with E-state index < -0.39 is 0 Å². The zero-order valence-corrected chi connectivity index (χ0v) is 40.3. The van der Waals surface area contributed by atoms with Gasteiger partial charge in [-0.15, -0.1) is 48.0 Å². The summed E-state index contributed by atoms with van der Waals surface area (Å²) < 4.78 is 21.5. The summed E-state index contributed by atoms with van der Waals surface area (Å²) >= 11 is 0. The summed E-state index contributed by atoms with van der Waals surface area (Å²) in [7, 11) is 0. The number of halogens is 1. The van der Waals surface area contributed by atoms with Crippen LogP contribution in [0.4, 0.5) is 4.39 Å². The summed E-state index contributed by atoms with van der Waals surface area (Å²) in [6.45, 7) is 15.5. The number of para-hydroxylation sites is 2. The van der Waals surface area contributed by atoms with Crippen LogP contribution in [0.1, 0.15) is 82.7 Å². The van der Waals surface area contributed by atoms with E-state index in [0.717, 1.165) is 50.1 Å². The number of rotatable bonds is 7. The molecule has 0 aliphatic carbocycles. The number of nitrogens with zero attached hydrogens (tertiary/aromatic N) is 5. The van der Waals surface area contributed by atoms with Crippen molar-refractivity contribution in [2.45, 2.75) is 65.7 Å². The first kappa shape index (κ1) is 45.5. The van der Waals surface area contributed by atoms with Gasteiger partial charge in [-0.2, -0.15) is 5.26 Å². The zero-order chi connectivity index (χ0) is 45.4. The van der Waals surface area contributed by atoms with Crippen LogP contribution in [-0.2, 0) is 25.5 Å². The third-order valence-corrected chi connectivity index (χ3v) is 11.8. The van der Waals surface area contributed by atoms with E-state index >= 15 is 0 Å².